The average molecular weight is 229 g/mol. The van der Waals surface area contributed by atoms with Crippen molar-refractivity contribution in [2.45, 2.75) is 51.9 Å². The van der Waals surface area contributed by atoms with Crippen molar-refractivity contribution in [3.05, 3.63) is 0 Å². The molecule has 2 heterocycles. The summed E-state index contributed by atoms with van der Waals surface area (Å²) in [7, 11) is 0. The first-order valence-corrected chi connectivity index (χ1v) is 7.05. The molecule has 2 saturated heterocycles. The lowest BCUT2D eigenvalue weighted by Gasteiger charge is -2.55. The molecule has 2 aliphatic rings. The third-order valence-corrected chi connectivity index (χ3v) is 5.22. The molecule has 88 valence electrons. The maximum atomic E-state index is 6.39. The molecule has 0 aliphatic carbocycles. The monoisotopic (exact) mass is 229 g/mol. The predicted octanol–water partition coefficient (Wildman–Crippen LogP) is 2.63. The highest BCUT2D eigenvalue weighted by molar-refractivity contribution is 7.99. The van der Waals surface area contributed by atoms with Crippen molar-refractivity contribution >= 4 is 11.8 Å². The third kappa shape index (κ3) is 2.06. The summed E-state index contributed by atoms with van der Waals surface area (Å²) < 4.78 is 6.39. The average Bonchev–Trinajstić information content (AvgIpc) is 2.14. The Hall–Kier alpha value is 0.270. The Bertz CT molecular complexity index is 244. The molecule has 0 aromatic rings. The van der Waals surface area contributed by atoms with Crippen LogP contribution in [0.4, 0.5) is 0 Å². The van der Waals surface area contributed by atoms with Crippen molar-refractivity contribution in [3.63, 3.8) is 0 Å². The summed E-state index contributed by atoms with van der Waals surface area (Å²) in [4.78, 5) is 0. The van der Waals surface area contributed by atoms with Crippen LogP contribution in [0.1, 0.15) is 40.5 Å². The van der Waals surface area contributed by atoms with Crippen LogP contribution in [0.25, 0.3) is 0 Å². The van der Waals surface area contributed by atoms with Crippen LogP contribution >= 0.6 is 11.8 Å². The predicted molar refractivity (Wildman–Crippen MR) is 66.2 cm³/mol. The lowest BCUT2D eigenvalue weighted by atomic mass is 9.74. The van der Waals surface area contributed by atoms with Gasteiger partial charge in [0.25, 0.3) is 0 Å². The molecule has 0 unspecified atom stereocenters. The van der Waals surface area contributed by atoms with Crippen molar-refractivity contribution in [3.8, 4) is 0 Å². The number of thioether (sulfide) groups is 1. The molecule has 1 spiro atoms. The van der Waals surface area contributed by atoms with Crippen LogP contribution in [-0.2, 0) is 4.74 Å². The molecule has 0 bridgehead atoms. The highest BCUT2D eigenvalue weighted by Crippen LogP contribution is 2.43. The second-order valence-corrected chi connectivity index (χ2v) is 7.18. The van der Waals surface area contributed by atoms with Crippen molar-refractivity contribution in [1.82, 2.24) is 5.32 Å². The van der Waals surface area contributed by atoms with E-state index in [4.69, 9.17) is 4.74 Å². The van der Waals surface area contributed by atoms with Gasteiger partial charge in [0.1, 0.15) is 5.72 Å². The summed E-state index contributed by atoms with van der Waals surface area (Å²) in [6, 6.07) is 0. The van der Waals surface area contributed by atoms with Crippen molar-refractivity contribution in [2.75, 3.05) is 18.1 Å². The van der Waals surface area contributed by atoms with Crippen LogP contribution in [-0.4, -0.2) is 29.4 Å². The minimum Gasteiger partial charge on any atom is -0.354 e. The van der Waals surface area contributed by atoms with Gasteiger partial charge in [-0.15, -0.1) is 0 Å². The van der Waals surface area contributed by atoms with Crippen molar-refractivity contribution < 1.29 is 4.74 Å². The molecule has 15 heavy (non-hydrogen) atoms. The van der Waals surface area contributed by atoms with Crippen LogP contribution in [0.15, 0.2) is 0 Å². The van der Waals surface area contributed by atoms with E-state index in [9.17, 15) is 0 Å². The van der Waals surface area contributed by atoms with Gasteiger partial charge in [-0.05, 0) is 38.2 Å². The third-order valence-electron chi connectivity index (χ3n) is 4.23. The number of nitrogens with one attached hydrogen (secondary N) is 1. The molecule has 0 aromatic heterocycles. The van der Waals surface area contributed by atoms with Gasteiger partial charge in [-0.1, -0.05) is 13.8 Å². The molecule has 2 rings (SSSR count). The Morgan fingerprint density at radius 3 is 2.20 bits per heavy atom. The van der Waals surface area contributed by atoms with Gasteiger partial charge in [0, 0.05) is 12.0 Å². The normalized spacial score (nSPS) is 32.8. The zero-order valence-corrected chi connectivity index (χ0v) is 11.2. The summed E-state index contributed by atoms with van der Waals surface area (Å²) in [6.45, 7) is 10.1. The number of rotatable bonds is 0. The summed E-state index contributed by atoms with van der Waals surface area (Å²) >= 11 is 2.04. The van der Waals surface area contributed by atoms with Gasteiger partial charge in [0.15, 0.2) is 0 Å². The Balaban J connectivity index is 2.14. The molecular weight excluding hydrogens is 206 g/mol. The number of ether oxygens (including phenoxy) is 1. The van der Waals surface area contributed by atoms with E-state index in [2.05, 4.69) is 33.0 Å². The zero-order chi connectivity index (χ0) is 11.2. The summed E-state index contributed by atoms with van der Waals surface area (Å²) in [5.41, 5.74) is 0.160. The molecule has 0 saturated carbocycles. The van der Waals surface area contributed by atoms with E-state index in [0.717, 1.165) is 19.4 Å². The van der Waals surface area contributed by atoms with Gasteiger partial charge in [-0.2, -0.15) is 11.8 Å². The standard InChI is InChI=1S/C12H23NOS/c1-10(2)9-13-12(14-11(10,3)4)5-7-15-8-6-12/h13H,5-9H2,1-4H3. The number of hydrogen-bond donors (Lipinski definition) is 1. The van der Waals surface area contributed by atoms with Gasteiger partial charge < -0.3 is 4.74 Å². The van der Waals surface area contributed by atoms with Crippen LogP contribution in [0, 0.1) is 5.41 Å². The van der Waals surface area contributed by atoms with Gasteiger partial charge in [-0.3, -0.25) is 5.32 Å². The minimum absolute atomic E-state index is 0.0235. The second-order valence-electron chi connectivity index (χ2n) is 5.96. The van der Waals surface area contributed by atoms with Gasteiger partial charge >= 0.3 is 0 Å². The Labute approximate surface area is 97.5 Å². The van der Waals surface area contributed by atoms with Crippen molar-refractivity contribution in [2.24, 2.45) is 5.41 Å². The molecule has 0 radical (unpaired) electrons. The fraction of sp³-hybridized carbons (Fsp3) is 1.00. The molecular formula is C12H23NOS. The highest BCUT2D eigenvalue weighted by atomic mass is 32.2. The summed E-state index contributed by atoms with van der Waals surface area (Å²) in [6.07, 6.45) is 2.30. The second kappa shape index (κ2) is 3.64. The maximum absolute atomic E-state index is 6.39. The first-order valence-electron chi connectivity index (χ1n) is 5.90. The van der Waals surface area contributed by atoms with E-state index in [1.165, 1.54) is 11.5 Å². The van der Waals surface area contributed by atoms with E-state index in [1.807, 2.05) is 11.8 Å². The molecule has 3 heteroatoms. The van der Waals surface area contributed by atoms with E-state index in [0.29, 0.717) is 0 Å². The fourth-order valence-corrected chi connectivity index (χ4v) is 3.39. The maximum Gasteiger partial charge on any atom is 0.121 e. The molecule has 0 atom stereocenters. The SMILES string of the molecule is CC1(C)CNC2(CCSCC2)OC1(C)C. The molecule has 2 fully saturated rings. The zero-order valence-electron chi connectivity index (χ0n) is 10.4. The van der Waals surface area contributed by atoms with Crippen LogP contribution < -0.4 is 5.32 Å². The summed E-state index contributed by atoms with van der Waals surface area (Å²) in [5, 5.41) is 3.64. The fourth-order valence-electron chi connectivity index (χ4n) is 2.24. The summed E-state index contributed by atoms with van der Waals surface area (Å²) in [5.74, 6) is 2.45. The van der Waals surface area contributed by atoms with Crippen LogP contribution in [0.2, 0.25) is 0 Å². The van der Waals surface area contributed by atoms with E-state index in [1.54, 1.807) is 0 Å². The van der Waals surface area contributed by atoms with E-state index >= 15 is 0 Å². The van der Waals surface area contributed by atoms with Crippen LogP contribution in [0.3, 0.4) is 0 Å². The Morgan fingerprint density at radius 1 is 1.07 bits per heavy atom. The topological polar surface area (TPSA) is 21.3 Å². The highest BCUT2D eigenvalue weighted by Gasteiger charge is 2.50. The Morgan fingerprint density at radius 2 is 1.67 bits per heavy atom. The first kappa shape index (κ1) is 11.7. The first-order chi connectivity index (χ1) is 6.87. The quantitative estimate of drug-likeness (QED) is 0.690. The minimum atomic E-state index is -0.0275. The molecule has 2 nitrogen and oxygen atoms in total. The lowest BCUT2D eigenvalue weighted by Crippen LogP contribution is -2.66. The van der Waals surface area contributed by atoms with E-state index in [-0.39, 0.29) is 16.7 Å². The van der Waals surface area contributed by atoms with E-state index < -0.39 is 0 Å². The van der Waals surface area contributed by atoms with Crippen LogP contribution in [0.5, 0.6) is 0 Å². The Kier molecular flexibility index (Phi) is 2.85. The van der Waals surface area contributed by atoms with Crippen molar-refractivity contribution in [1.29, 1.82) is 0 Å². The van der Waals surface area contributed by atoms with Gasteiger partial charge in [0.2, 0.25) is 0 Å². The van der Waals surface area contributed by atoms with Gasteiger partial charge in [0.05, 0.1) is 5.60 Å². The number of hydrogen-bond acceptors (Lipinski definition) is 3. The molecule has 0 aromatic carbocycles. The lowest BCUT2D eigenvalue weighted by molar-refractivity contribution is -0.238. The molecule has 2 aliphatic heterocycles. The smallest absolute Gasteiger partial charge is 0.121 e. The molecule has 0 amide bonds. The molecule has 1 N–H and O–H groups in total. The largest absolute Gasteiger partial charge is 0.354 e. The van der Waals surface area contributed by atoms with Gasteiger partial charge in [-0.25, -0.2) is 0 Å².